The molecule has 2 heterocycles. The van der Waals surface area contributed by atoms with Gasteiger partial charge >= 0.3 is 0 Å². The molecule has 1 aliphatic heterocycles. The van der Waals surface area contributed by atoms with Gasteiger partial charge in [0, 0.05) is 18.8 Å². The zero-order valence-electron chi connectivity index (χ0n) is 11.4. The first-order chi connectivity index (χ1) is 8.58. The maximum atomic E-state index is 12.2. The van der Waals surface area contributed by atoms with Crippen LogP contribution >= 0.6 is 0 Å². The molecule has 1 N–H and O–H groups in total. The van der Waals surface area contributed by atoms with Crippen LogP contribution < -0.4 is 5.32 Å². The van der Waals surface area contributed by atoms with Crippen LogP contribution in [0.5, 0.6) is 0 Å². The number of nitrogens with zero attached hydrogens (tertiary/aromatic N) is 3. The van der Waals surface area contributed by atoms with Crippen LogP contribution in [0.25, 0.3) is 0 Å². The molecule has 100 valence electrons. The Morgan fingerprint density at radius 2 is 2.17 bits per heavy atom. The molecule has 0 aromatic carbocycles. The number of likely N-dealkylation sites (N-methyl/N-ethyl adjacent to an activating group) is 1. The lowest BCUT2D eigenvalue weighted by atomic mass is 10.1. The quantitative estimate of drug-likeness (QED) is 0.859. The molecule has 1 fully saturated rings. The average Bonchev–Trinajstić information content (AvgIpc) is 2.68. The molecule has 1 aliphatic rings. The standard InChI is InChI=1S/C13H22N4O/c1-10-8-11(2)17(15-10)9-13(18)16(3)12-4-6-14-7-5-12/h8,12,14H,4-7,9H2,1-3H3. The summed E-state index contributed by atoms with van der Waals surface area (Å²) in [6.07, 6.45) is 2.08. The van der Waals surface area contributed by atoms with Crippen LogP contribution in [0.4, 0.5) is 0 Å². The molecule has 5 heteroatoms. The van der Waals surface area contributed by atoms with E-state index in [0.29, 0.717) is 12.6 Å². The largest absolute Gasteiger partial charge is 0.341 e. The minimum Gasteiger partial charge on any atom is -0.341 e. The lowest BCUT2D eigenvalue weighted by Gasteiger charge is -2.31. The summed E-state index contributed by atoms with van der Waals surface area (Å²) in [7, 11) is 1.91. The van der Waals surface area contributed by atoms with E-state index in [2.05, 4.69) is 10.4 Å². The van der Waals surface area contributed by atoms with Gasteiger partial charge in [-0.05, 0) is 45.8 Å². The lowest BCUT2D eigenvalue weighted by Crippen LogP contribution is -2.45. The van der Waals surface area contributed by atoms with Crippen molar-refractivity contribution < 1.29 is 4.79 Å². The van der Waals surface area contributed by atoms with Crippen LogP contribution in [-0.2, 0) is 11.3 Å². The summed E-state index contributed by atoms with van der Waals surface area (Å²) in [5.74, 6) is 0.146. The zero-order valence-corrected chi connectivity index (χ0v) is 11.4. The third-order valence-electron chi connectivity index (χ3n) is 3.64. The monoisotopic (exact) mass is 250 g/mol. The van der Waals surface area contributed by atoms with Gasteiger partial charge in [-0.3, -0.25) is 9.48 Å². The summed E-state index contributed by atoms with van der Waals surface area (Å²) in [6, 6.07) is 2.37. The highest BCUT2D eigenvalue weighted by Gasteiger charge is 2.22. The van der Waals surface area contributed by atoms with Crippen molar-refractivity contribution in [3.63, 3.8) is 0 Å². The molecule has 18 heavy (non-hydrogen) atoms. The summed E-state index contributed by atoms with van der Waals surface area (Å²) in [6.45, 7) is 6.28. The second-order valence-electron chi connectivity index (χ2n) is 5.07. The highest BCUT2D eigenvalue weighted by atomic mass is 16.2. The highest BCUT2D eigenvalue weighted by molar-refractivity contribution is 5.76. The Balaban J connectivity index is 1.96. The Hall–Kier alpha value is -1.36. The Bertz CT molecular complexity index is 421. The fourth-order valence-electron chi connectivity index (χ4n) is 2.47. The molecule has 5 nitrogen and oxygen atoms in total. The van der Waals surface area contributed by atoms with Gasteiger partial charge in [0.25, 0.3) is 0 Å². The SMILES string of the molecule is Cc1cc(C)n(CC(=O)N(C)C2CCNCC2)n1. The van der Waals surface area contributed by atoms with Crippen molar-refractivity contribution >= 4 is 5.91 Å². The Kier molecular flexibility index (Phi) is 4.01. The second kappa shape index (κ2) is 5.52. The zero-order chi connectivity index (χ0) is 13.1. The first kappa shape index (κ1) is 13.1. The van der Waals surface area contributed by atoms with Gasteiger partial charge in [0.15, 0.2) is 0 Å². The van der Waals surface area contributed by atoms with Crippen LogP contribution in [0, 0.1) is 13.8 Å². The topological polar surface area (TPSA) is 50.2 Å². The van der Waals surface area contributed by atoms with Crippen molar-refractivity contribution in [2.24, 2.45) is 0 Å². The number of amides is 1. The van der Waals surface area contributed by atoms with Gasteiger partial charge in [0.1, 0.15) is 6.54 Å². The number of nitrogens with one attached hydrogen (secondary N) is 1. The number of hydrogen-bond acceptors (Lipinski definition) is 3. The predicted octanol–water partition coefficient (Wildman–Crippen LogP) is 0.710. The molecule has 1 aromatic heterocycles. The van der Waals surface area contributed by atoms with Crippen LogP contribution in [0.2, 0.25) is 0 Å². The van der Waals surface area contributed by atoms with Crippen molar-refractivity contribution in [1.29, 1.82) is 0 Å². The van der Waals surface area contributed by atoms with Crippen LogP contribution in [-0.4, -0.2) is 46.8 Å². The molecule has 0 bridgehead atoms. The number of carbonyl (C=O) groups excluding carboxylic acids is 1. The van der Waals surface area contributed by atoms with E-state index in [1.165, 1.54) is 0 Å². The molecule has 0 spiro atoms. The van der Waals surface area contributed by atoms with Gasteiger partial charge in [-0.1, -0.05) is 0 Å². The smallest absolute Gasteiger partial charge is 0.244 e. The highest BCUT2D eigenvalue weighted by Crippen LogP contribution is 2.11. The fourth-order valence-corrected chi connectivity index (χ4v) is 2.47. The van der Waals surface area contributed by atoms with E-state index in [0.717, 1.165) is 37.3 Å². The number of hydrogen-bond donors (Lipinski definition) is 1. The molecule has 0 aliphatic carbocycles. The Morgan fingerprint density at radius 3 is 2.72 bits per heavy atom. The number of aryl methyl sites for hydroxylation is 2. The molecule has 0 unspecified atom stereocenters. The molecule has 1 amide bonds. The van der Waals surface area contributed by atoms with E-state index in [4.69, 9.17) is 0 Å². The van der Waals surface area contributed by atoms with E-state index < -0.39 is 0 Å². The van der Waals surface area contributed by atoms with Gasteiger partial charge in [-0.25, -0.2) is 0 Å². The third kappa shape index (κ3) is 2.90. The van der Waals surface area contributed by atoms with E-state index in [1.807, 2.05) is 31.9 Å². The maximum absolute atomic E-state index is 12.2. The first-order valence-electron chi connectivity index (χ1n) is 6.55. The predicted molar refractivity (Wildman–Crippen MR) is 70.4 cm³/mol. The third-order valence-corrected chi connectivity index (χ3v) is 3.64. The molecule has 0 atom stereocenters. The van der Waals surface area contributed by atoms with E-state index in [-0.39, 0.29) is 5.91 Å². The molecule has 1 saturated heterocycles. The van der Waals surface area contributed by atoms with Crippen LogP contribution in [0.3, 0.4) is 0 Å². The minimum absolute atomic E-state index is 0.146. The van der Waals surface area contributed by atoms with Crippen LogP contribution in [0.15, 0.2) is 6.07 Å². The first-order valence-corrected chi connectivity index (χ1v) is 6.55. The van der Waals surface area contributed by atoms with Crippen molar-refractivity contribution in [2.75, 3.05) is 20.1 Å². The second-order valence-corrected chi connectivity index (χ2v) is 5.07. The number of rotatable bonds is 3. The summed E-state index contributed by atoms with van der Waals surface area (Å²) in [4.78, 5) is 14.1. The average molecular weight is 250 g/mol. The Labute approximate surface area is 108 Å². The Morgan fingerprint density at radius 1 is 1.50 bits per heavy atom. The number of piperidine rings is 1. The summed E-state index contributed by atoms with van der Waals surface area (Å²) < 4.78 is 1.79. The molecular formula is C13H22N4O. The molecule has 0 saturated carbocycles. The maximum Gasteiger partial charge on any atom is 0.244 e. The molecule has 0 radical (unpaired) electrons. The van der Waals surface area contributed by atoms with Gasteiger partial charge in [0.2, 0.25) is 5.91 Å². The number of carbonyl (C=O) groups is 1. The summed E-state index contributed by atoms with van der Waals surface area (Å²) >= 11 is 0. The van der Waals surface area contributed by atoms with Crippen molar-refractivity contribution in [2.45, 2.75) is 39.3 Å². The molecule has 1 aromatic rings. The van der Waals surface area contributed by atoms with Crippen molar-refractivity contribution in [3.05, 3.63) is 17.5 Å². The van der Waals surface area contributed by atoms with Crippen LogP contribution in [0.1, 0.15) is 24.2 Å². The van der Waals surface area contributed by atoms with Gasteiger partial charge in [0.05, 0.1) is 5.69 Å². The van der Waals surface area contributed by atoms with Crippen molar-refractivity contribution in [1.82, 2.24) is 20.0 Å². The van der Waals surface area contributed by atoms with Gasteiger partial charge in [-0.2, -0.15) is 5.10 Å². The fraction of sp³-hybridized carbons (Fsp3) is 0.692. The summed E-state index contributed by atoms with van der Waals surface area (Å²) in [5.41, 5.74) is 2.00. The van der Waals surface area contributed by atoms with Crippen molar-refractivity contribution in [3.8, 4) is 0 Å². The van der Waals surface area contributed by atoms with E-state index in [1.54, 1.807) is 4.68 Å². The van der Waals surface area contributed by atoms with E-state index in [9.17, 15) is 4.79 Å². The van der Waals surface area contributed by atoms with Gasteiger partial charge in [-0.15, -0.1) is 0 Å². The minimum atomic E-state index is 0.146. The molecule has 2 rings (SSSR count). The van der Waals surface area contributed by atoms with Gasteiger partial charge < -0.3 is 10.2 Å². The molecular weight excluding hydrogens is 228 g/mol. The van der Waals surface area contributed by atoms with E-state index >= 15 is 0 Å². The lowest BCUT2D eigenvalue weighted by molar-refractivity contribution is -0.133. The normalized spacial score (nSPS) is 16.8. The number of aromatic nitrogens is 2. The summed E-state index contributed by atoms with van der Waals surface area (Å²) in [5, 5.41) is 7.65.